The van der Waals surface area contributed by atoms with Crippen molar-refractivity contribution in [3.63, 3.8) is 0 Å². The molecule has 0 aliphatic rings. The van der Waals surface area contributed by atoms with Crippen LogP contribution in [0, 0.1) is 12.7 Å². The van der Waals surface area contributed by atoms with Gasteiger partial charge in [-0.1, -0.05) is 6.07 Å². The molecule has 1 amide bonds. The van der Waals surface area contributed by atoms with Crippen molar-refractivity contribution in [1.29, 1.82) is 0 Å². The molecule has 0 bridgehead atoms. The molecule has 3 aromatic rings. The number of fused-ring (bicyclic) bond motifs is 1. The Kier molecular flexibility index (Phi) is 4.73. The highest BCUT2D eigenvalue weighted by Gasteiger charge is 2.30. The van der Waals surface area contributed by atoms with Gasteiger partial charge in [-0.25, -0.2) is 12.8 Å². The first kappa shape index (κ1) is 18.0. The van der Waals surface area contributed by atoms with E-state index in [1.54, 1.807) is 18.3 Å². The van der Waals surface area contributed by atoms with Crippen LogP contribution in [0.15, 0.2) is 59.6 Å². The molecule has 2 aromatic carbocycles. The first-order valence-corrected chi connectivity index (χ1v) is 9.50. The SMILES string of the molecule is Cc1ccc(NC(=O)C(C)S(=O)(=O)c2ccc(F)cc2)c2cccnc12. The second-order valence-corrected chi connectivity index (χ2v) is 8.23. The van der Waals surface area contributed by atoms with Crippen LogP contribution in [0.3, 0.4) is 0 Å². The van der Waals surface area contributed by atoms with Crippen LogP contribution in [-0.2, 0) is 14.6 Å². The Morgan fingerprint density at radius 1 is 1.12 bits per heavy atom. The average Bonchev–Trinajstić information content (AvgIpc) is 2.64. The zero-order valence-corrected chi connectivity index (χ0v) is 15.0. The summed E-state index contributed by atoms with van der Waals surface area (Å²) in [7, 11) is -3.93. The quantitative estimate of drug-likeness (QED) is 0.712. The maximum absolute atomic E-state index is 13.0. The van der Waals surface area contributed by atoms with Crippen molar-refractivity contribution in [2.75, 3.05) is 5.32 Å². The number of aromatic nitrogens is 1. The molecule has 1 aromatic heterocycles. The lowest BCUT2D eigenvalue weighted by atomic mass is 10.1. The molecule has 1 heterocycles. The lowest BCUT2D eigenvalue weighted by Gasteiger charge is -2.15. The highest BCUT2D eigenvalue weighted by molar-refractivity contribution is 7.92. The molecule has 7 heteroatoms. The van der Waals surface area contributed by atoms with E-state index in [2.05, 4.69) is 10.3 Å². The highest BCUT2D eigenvalue weighted by atomic mass is 32.2. The van der Waals surface area contributed by atoms with Crippen molar-refractivity contribution < 1.29 is 17.6 Å². The van der Waals surface area contributed by atoms with E-state index in [0.29, 0.717) is 5.69 Å². The lowest BCUT2D eigenvalue weighted by molar-refractivity contribution is -0.115. The Hall–Kier alpha value is -2.80. The lowest BCUT2D eigenvalue weighted by Crippen LogP contribution is -2.32. The van der Waals surface area contributed by atoms with Gasteiger partial charge in [0.1, 0.15) is 11.1 Å². The molecular weight excluding hydrogens is 355 g/mol. The number of hydrogen-bond acceptors (Lipinski definition) is 4. The summed E-state index contributed by atoms with van der Waals surface area (Å²) < 4.78 is 38.2. The van der Waals surface area contributed by atoms with E-state index in [1.165, 1.54) is 6.92 Å². The van der Waals surface area contributed by atoms with Crippen molar-refractivity contribution >= 4 is 32.3 Å². The number of hydrogen-bond donors (Lipinski definition) is 1. The second-order valence-electron chi connectivity index (χ2n) is 5.96. The minimum Gasteiger partial charge on any atom is -0.324 e. The van der Waals surface area contributed by atoms with Gasteiger partial charge in [-0.15, -0.1) is 0 Å². The number of halogens is 1. The monoisotopic (exact) mass is 372 g/mol. The van der Waals surface area contributed by atoms with Crippen molar-refractivity contribution in [3.8, 4) is 0 Å². The van der Waals surface area contributed by atoms with E-state index in [0.717, 1.165) is 40.7 Å². The maximum atomic E-state index is 13.0. The molecule has 0 radical (unpaired) electrons. The minimum atomic E-state index is -3.93. The molecule has 1 N–H and O–H groups in total. The molecule has 134 valence electrons. The van der Waals surface area contributed by atoms with Gasteiger partial charge in [0.2, 0.25) is 5.91 Å². The van der Waals surface area contributed by atoms with Crippen molar-refractivity contribution in [2.24, 2.45) is 0 Å². The molecule has 0 aliphatic heterocycles. The number of carbonyl (C=O) groups excluding carboxylic acids is 1. The second kappa shape index (κ2) is 6.84. The van der Waals surface area contributed by atoms with Gasteiger partial charge in [0.05, 0.1) is 16.1 Å². The summed E-state index contributed by atoms with van der Waals surface area (Å²) in [6.07, 6.45) is 1.66. The van der Waals surface area contributed by atoms with Crippen LogP contribution in [-0.4, -0.2) is 24.6 Å². The van der Waals surface area contributed by atoms with Gasteiger partial charge in [0.15, 0.2) is 9.84 Å². The number of aryl methyl sites for hydroxylation is 1. The minimum absolute atomic E-state index is 0.100. The van der Waals surface area contributed by atoms with Gasteiger partial charge in [0, 0.05) is 11.6 Å². The molecule has 0 spiro atoms. The number of nitrogens with zero attached hydrogens (tertiary/aromatic N) is 1. The van der Waals surface area contributed by atoms with Crippen LogP contribution in [0.5, 0.6) is 0 Å². The molecule has 3 rings (SSSR count). The summed E-state index contributed by atoms with van der Waals surface area (Å²) in [4.78, 5) is 16.7. The first-order valence-electron chi connectivity index (χ1n) is 7.95. The largest absolute Gasteiger partial charge is 0.324 e. The Morgan fingerprint density at radius 2 is 1.81 bits per heavy atom. The molecule has 0 saturated heterocycles. The van der Waals surface area contributed by atoms with Gasteiger partial charge in [-0.05, 0) is 61.9 Å². The molecule has 1 unspecified atom stereocenters. The Morgan fingerprint density at radius 3 is 2.50 bits per heavy atom. The van der Waals surface area contributed by atoms with Crippen molar-refractivity contribution in [3.05, 3.63) is 66.1 Å². The smallest absolute Gasteiger partial charge is 0.242 e. The van der Waals surface area contributed by atoms with Gasteiger partial charge in [-0.3, -0.25) is 9.78 Å². The predicted molar refractivity (Wildman–Crippen MR) is 98.2 cm³/mol. The molecule has 0 aliphatic carbocycles. The van der Waals surface area contributed by atoms with Crippen LogP contribution in [0.2, 0.25) is 0 Å². The van der Waals surface area contributed by atoms with Crippen molar-refractivity contribution in [1.82, 2.24) is 4.98 Å². The predicted octanol–water partition coefficient (Wildman–Crippen LogP) is 3.48. The van der Waals surface area contributed by atoms with Crippen LogP contribution in [0.1, 0.15) is 12.5 Å². The van der Waals surface area contributed by atoms with E-state index in [4.69, 9.17) is 0 Å². The van der Waals surface area contributed by atoms with E-state index in [9.17, 15) is 17.6 Å². The fourth-order valence-corrected chi connectivity index (χ4v) is 3.89. The fraction of sp³-hybridized carbons (Fsp3) is 0.158. The molecule has 0 fully saturated rings. The standard InChI is InChI=1S/C19H17FN2O3S/c1-12-5-10-17(16-4-3-11-21-18(12)16)22-19(23)13(2)26(24,25)15-8-6-14(20)7-9-15/h3-11,13H,1-2H3,(H,22,23). The number of rotatable bonds is 4. The Balaban J connectivity index is 1.91. The summed E-state index contributed by atoms with van der Waals surface area (Å²) in [5.74, 6) is -1.21. The summed E-state index contributed by atoms with van der Waals surface area (Å²) in [5.41, 5.74) is 2.18. The van der Waals surface area contributed by atoms with Gasteiger partial charge in [0.25, 0.3) is 0 Å². The summed E-state index contributed by atoms with van der Waals surface area (Å²) in [6.45, 7) is 3.21. The van der Waals surface area contributed by atoms with E-state index in [1.807, 2.05) is 19.1 Å². The van der Waals surface area contributed by atoms with Crippen molar-refractivity contribution in [2.45, 2.75) is 24.0 Å². The maximum Gasteiger partial charge on any atom is 0.242 e. The highest BCUT2D eigenvalue weighted by Crippen LogP contribution is 2.25. The van der Waals surface area contributed by atoms with E-state index < -0.39 is 26.8 Å². The number of anilines is 1. The summed E-state index contributed by atoms with van der Waals surface area (Å²) >= 11 is 0. The number of carbonyl (C=O) groups is 1. The number of nitrogens with one attached hydrogen (secondary N) is 1. The Labute approximate surface area is 150 Å². The topological polar surface area (TPSA) is 76.1 Å². The Bertz CT molecular complexity index is 1080. The first-order chi connectivity index (χ1) is 12.3. The van der Waals surface area contributed by atoms with Crippen LogP contribution >= 0.6 is 0 Å². The third-order valence-electron chi connectivity index (χ3n) is 4.21. The van der Waals surface area contributed by atoms with Crippen LogP contribution in [0.25, 0.3) is 10.9 Å². The number of sulfone groups is 1. The molecular formula is C19H17FN2O3S. The van der Waals surface area contributed by atoms with Gasteiger partial charge < -0.3 is 5.32 Å². The molecule has 0 saturated carbocycles. The zero-order valence-electron chi connectivity index (χ0n) is 14.2. The average molecular weight is 372 g/mol. The van der Waals surface area contributed by atoms with Crippen LogP contribution in [0.4, 0.5) is 10.1 Å². The molecule has 5 nitrogen and oxygen atoms in total. The fourth-order valence-electron chi connectivity index (χ4n) is 2.63. The zero-order chi connectivity index (χ0) is 18.9. The summed E-state index contributed by atoms with van der Waals surface area (Å²) in [6, 6.07) is 11.5. The van der Waals surface area contributed by atoms with Gasteiger partial charge in [-0.2, -0.15) is 0 Å². The van der Waals surface area contributed by atoms with Gasteiger partial charge >= 0.3 is 0 Å². The van der Waals surface area contributed by atoms with Crippen LogP contribution < -0.4 is 5.32 Å². The van der Waals surface area contributed by atoms with E-state index >= 15 is 0 Å². The molecule has 26 heavy (non-hydrogen) atoms. The van der Waals surface area contributed by atoms with E-state index in [-0.39, 0.29) is 4.90 Å². The third-order valence-corrected chi connectivity index (χ3v) is 6.28. The summed E-state index contributed by atoms with van der Waals surface area (Å²) in [5, 5.41) is 2.06. The number of pyridine rings is 1. The third kappa shape index (κ3) is 3.30. The normalized spacial score (nSPS) is 12.7. The number of benzene rings is 2. The number of amides is 1. The molecule has 1 atom stereocenters.